The van der Waals surface area contributed by atoms with E-state index in [0.717, 1.165) is 63.6 Å². The van der Waals surface area contributed by atoms with Crippen molar-refractivity contribution in [1.82, 2.24) is 4.90 Å². The van der Waals surface area contributed by atoms with Crippen molar-refractivity contribution in [3.8, 4) is 0 Å². The number of hydrogen-bond donors (Lipinski definition) is 1. The van der Waals surface area contributed by atoms with Gasteiger partial charge in [-0.3, -0.25) is 14.5 Å². The van der Waals surface area contributed by atoms with E-state index in [4.69, 9.17) is 9.47 Å². The maximum atomic E-state index is 14.6. The van der Waals surface area contributed by atoms with Crippen LogP contribution < -0.4 is 0 Å². The maximum Gasteiger partial charge on any atom is 0.181 e. The molecule has 6 heteroatoms. The van der Waals surface area contributed by atoms with Gasteiger partial charge in [-0.25, -0.2) is 0 Å². The smallest absolute Gasteiger partial charge is 0.181 e. The molecule has 0 aromatic heterocycles. The van der Waals surface area contributed by atoms with E-state index >= 15 is 0 Å². The molecule has 2 aliphatic heterocycles. The van der Waals surface area contributed by atoms with E-state index in [-0.39, 0.29) is 47.1 Å². The zero-order valence-electron chi connectivity index (χ0n) is 23.9. The molecule has 0 unspecified atom stereocenters. The monoisotopic (exact) mass is 537 g/mol. The predicted octanol–water partition coefficient (Wildman–Crippen LogP) is 4.99. The van der Waals surface area contributed by atoms with Gasteiger partial charge in [0, 0.05) is 22.7 Å². The first-order chi connectivity index (χ1) is 18.8. The first kappa shape index (κ1) is 26.6. The van der Waals surface area contributed by atoms with Crippen molar-refractivity contribution in [2.75, 3.05) is 19.6 Å². The molecule has 1 N–H and O–H groups in total. The molecule has 7 aliphatic rings. The van der Waals surface area contributed by atoms with E-state index in [2.05, 4.69) is 24.8 Å². The van der Waals surface area contributed by atoms with Gasteiger partial charge in [0.1, 0.15) is 0 Å². The highest BCUT2D eigenvalue weighted by atomic mass is 16.7. The summed E-state index contributed by atoms with van der Waals surface area (Å²) < 4.78 is 13.9. The van der Waals surface area contributed by atoms with Crippen molar-refractivity contribution in [3.63, 3.8) is 0 Å². The van der Waals surface area contributed by atoms with Crippen LogP contribution in [-0.2, 0) is 19.1 Å². The van der Waals surface area contributed by atoms with Crippen molar-refractivity contribution in [2.24, 2.45) is 34.5 Å². The molecule has 5 aliphatic carbocycles. The second-order valence-corrected chi connectivity index (χ2v) is 14.5. The molecule has 0 bridgehead atoms. The first-order valence-corrected chi connectivity index (χ1v) is 16.0. The number of Topliss-reactive ketones (excluding diaryl/α,β-unsaturated/α-hetero) is 1. The molecule has 0 aromatic carbocycles. The van der Waals surface area contributed by atoms with E-state index in [1.54, 1.807) is 6.08 Å². The molecular weight excluding hydrogens is 490 g/mol. The summed E-state index contributed by atoms with van der Waals surface area (Å²) in [4.78, 5) is 29.2. The number of piperidine rings is 1. The SMILES string of the molecule is C[C@]12C=CC(=O)C=C1CC[C@@H]1[C@@H]2[C@@H](O)C[C@@]2(C)[C@H]1C[C@H]1O[C@@H](C3CCCCC3)O[C@]12C(=O)CN1CCCCC1. The highest BCUT2D eigenvalue weighted by molar-refractivity contribution is 6.01. The molecule has 2 saturated heterocycles. The second kappa shape index (κ2) is 9.61. The summed E-state index contributed by atoms with van der Waals surface area (Å²) in [6.07, 6.45) is 17.1. The molecule has 6 fully saturated rings. The van der Waals surface area contributed by atoms with Crippen LogP contribution >= 0.6 is 0 Å². The van der Waals surface area contributed by atoms with Gasteiger partial charge in [-0.1, -0.05) is 51.2 Å². The van der Waals surface area contributed by atoms with Crippen LogP contribution in [-0.4, -0.2) is 65.3 Å². The number of rotatable bonds is 4. The minimum atomic E-state index is -0.988. The first-order valence-electron chi connectivity index (χ1n) is 16.0. The van der Waals surface area contributed by atoms with Crippen LogP contribution in [0.5, 0.6) is 0 Å². The van der Waals surface area contributed by atoms with Crippen LogP contribution in [0.25, 0.3) is 0 Å². The van der Waals surface area contributed by atoms with Crippen molar-refractivity contribution < 1.29 is 24.2 Å². The Bertz CT molecular complexity index is 1070. The second-order valence-electron chi connectivity index (χ2n) is 14.5. The molecular formula is C33H47NO5. The van der Waals surface area contributed by atoms with Gasteiger partial charge in [0.2, 0.25) is 0 Å². The molecule has 2 heterocycles. The summed E-state index contributed by atoms with van der Waals surface area (Å²) in [5.41, 5.74) is -0.608. The van der Waals surface area contributed by atoms with Crippen molar-refractivity contribution >= 4 is 11.6 Å². The molecule has 7 rings (SSSR count). The standard InChI is InChI=1S/C33H47NO5/c1-31-14-13-23(35)17-22(31)11-12-24-25-18-28-33(32(25,2)19-26(36)29(24)31,27(37)20-34-15-7-4-8-16-34)39-30(38-28)21-9-5-3-6-10-21/h13-14,17,21,24-26,28-30,36H,3-12,15-16,18-20H2,1-2H3/t24-,25-,26-,28+,29+,30+,31-,32-,33+/m0/s1. The Morgan fingerprint density at radius 1 is 1.08 bits per heavy atom. The number of nitrogens with zero attached hydrogens (tertiary/aromatic N) is 1. The van der Waals surface area contributed by atoms with Crippen LogP contribution in [0.3, 0.4) is 0 Å². The van der Waals surface area contributed by atoms with Crippen LogP contribution in [0, 0.1) is 34.5 Å². The number of aliphatic hydroxyl groups excluding tert-OH is 1. The molecule has 4 saturated carbocycles. The average Bonchev–Trinajstić information content (AvgIpc) is 3.43. The Morgan fingerprint density at radius 2 is 1.82 bits per heavy atom. The van der Waals surface area contributed by atoms with Gasteiger partial charge in [0.25, 0.3) is 0 Å². The topological polar surface area (TPSA) is 76.1 Å². The van der Waals surface area contributed by atoms with Gasteiger partial charge < -0.3 is 14.6 Å². The summed E-state index contributed by atoms with van der Waals surface area (Å²) >= 11 is 0. The number of allylic oxidation sites excluding steroid dienone is 4. The third-order valence-corrected chi connectivity index (χ3v) is 12.5. The number of ether oxygens (including phenoxy) is 2. The van der Waals surface area contributed by atoms with Crippen LogP contribution in [0.4, 0.5) is 0 Å². The number of carbonyl (C=O) groups excluding carboxylic acids is 2. The lowest BCUT2D eigenvalue weighted by atomic mass is 9.46. The normalized spacial score (nSPS) is 48.2. The van der Waals surface area contributed by atoms with Crippen molar-refractivity contribution in [2.45, 2.75) is 115 Å². The van der Waals surface area contributed by atoms with Gasteiger partial charge >= 0.3 is 0 Å². The fourth-order valence-corrected chi connectivity index (χ4v) is 10.6. The summed E-state index contributed by atoms with van der Waals surface area (Å²) in [6, 6.07) is 0. The lowest BCUT2D eigenvalue weighted by Crippen LogP contribution is -2.64. The molecule has 9 atom stereocenters. The Labute approximate surface area is 233 Å². The van der Waals surface area contributed by atoms with E-state index < -0.39 is 17.1 Å². The van der Waals surface area contributed by atoms with Gasteiger partial charge in [-0.2, -0.15) is 0 Å². The molecule has 0 radical (unpaired) electrons. The number of ketones is 2. The van der Waals surface area contributed by atoms with Gasteiger partial charge in [0.15, 0.2) is 23.5 Å². The van der Waals surface area contributed by atoms with Crippen LogP contribution in [0.2, 0.25) is 0 Å². The number of hydrogen-bond acceptors (Lipinski definition) is 6. The lowest BCUT2D eigenvalue weighted by molar-refractivity contribution is -0.208. The molecule has 39 heavy (non-hydrogen) atoms. The third kappa shape index (κ3) is 3.87. The quantitative estimate of drug-likeness (QED) is 0.545. The van der Waals surface area contributed by atoms with E-state index in [9.17, 15) is 14.7 Å². The molecule has 0 aromatic rings. The molecule has 6 nitrogen and oxygen atoms in total. The van der Waals surface area contributed by atoms with E-state index in [1.165, 1.54) is 25.7 Å². The maximum absolute atomic E-state index is 14.6. The highest BCUT2D eigenvalue weighted by Crippen LogP contribution is 2.70. The number of fused-ring (bicyclic) bond motifs is 7. The van der Waals surface area contributed by atoms with E-state index in [1.807, 2.05) is 6.08 Å². The minimum absolute atomic E-state index is 0.0436. The summed E-state index contributed by atoms with van der Waals surface area (Å²) in [6.45, 7) is 6.85. The summed E-state index contributed by atoms with van der Waals surface area (Å²) in [5, 5.41) is 12.0. The summed E-state index contributed by atoms with van der Waals surface area (Å²) in [7, 11) is 0. The number of aliphatic hydroxyl groups is 1. The molecule has 214 valence electrons. The fraction of sp³-hybridized carbons (Fsp3) is 0.818. The number of likely N-dealkylation sites (tertiary alicyclic amines) is 1. The summed E-state index contributed by atoms with van der Waals surface area (Å²) in [5.74, 6) is 1.17. The Hall–Kier alpha value is -1.34. The Kier molecular flexibility index (Phi) is 6.54. The Morgan fingerprint density at radius 3 is 2.59 bits per heavy atom. The van der Waals surface area contributed by atoms with E-state index in [0.29, 0.717) is 18.9 Å². The van der Waals surface area contributed by atoms with Crippen molar-refractivity contribution in [1.29, 1.82) is 0 Å². The van der Waals surface area contributed by atoms with Gasteiger partial charge in [0.05, 0.1) is 18.8 Å². The third-order valence-electron chi connectivity index (χ3n) is 12.5. The predicted molar refractivity (Wildman–Crippen MR) is 148 cm³/mol. The van der Waals surface area contributed by atoms with Crippen LogP contribution in [0.15, 0.2) is 23.8 Å². The van der Waals surface area contributed by atoms with Crippen molar-refractivity contribution in [3.05, 3.63) is 23.8 Å². The van der Waals surface area contributed by atoms with Crippen LogP contribution in [0.1, 0.15) is 90.9 Å². The minimum Gasteiger partial charge on any atom is -0.393 e. The molecule has 0 amide bonds. The lowest BCUT2D eigenvalue weighted by Gasteiger charge is -2.60. The average molecular weight is 538 g/mol. The van der Waals surface area contributed by atoms with Gasteiger partial charge in [-0.15, -0.1) is 0 Å². The number of carbonyl (C=O) groups is 2. The Balaban J connectivity index is 1.24. The molecule has 0 spiro atoms. The zero-order chi connectivity index (χ0) is 27.0. The highest BCUT2D eigenvalue weighted by Gasteiger charge is 2.76. The largest absolute Gasteiger partial charge is 0.393 e. The fourth-order valence-electron chi connectivity index (χ4n) is 10.6. The van der Waals surface area contributed by atoms with Gasteiger partial charge in [-0.05, 0) is 88.4 Å². The zero-order valence-corrected chi connectivity index (χ0v) is 23.9.